The number of rotatable bonds is 4. The molecular formula is C13H15N5O2S. The zero-order valence-electron chi connectivity index (χ0n) is 11.7. The molecule has 3 N–H and O–H groups in total. The summed E-state index contributed by atoms with van der Waals surface area (Å²) in [7, 11) is 0. The summed E-state index contributed by atoms with van der Waals surface area (Å²) >= 11 is 1.05. The van der Waals surface area contributed by atoms with E-state index >= 15 is 0 Å². The van der Waals surface area contributed by atoms with Crippen LogP contribution in [0.15, 0.2) is 34.3 Å². The molecule has 0 bridgehead atoms. The Labute approximate surface area is 125 Å². The molecule has 110 valence electrons. The summed E-state index contributed by atoms with van der Waals surface area (Å²) in [5.41, 5.74) is 2.41. The number of aryl methyl sites for hydroxylation is 2. The number of carbonyl (C=O) groups excluding carboxylic acids is 1. The van der Waals surface area contributed by atoms with Gasteiger partial charge in [0.2, 0.25) is 11.1 Å². The maximum absolute atomic E-state index is 11.9. The van der Waals surface area contributed by atoms with Crippen LogP contribution in [0.2, 0.25) is 0 Å². The molecule has 1 amide bonds. The van der Waals surface area contributed by atoms with Crippen LogP contribution in [0.1, 0.15) is 11.1 Å². The number of aromatic nitrogens is 3. The first-order valence-corrected chi connectivity index (χ1v) is 7.15. The highest BCUT2D eigenvalue weighted by Gasteiger charge is 2.09. The van der Waals surface area contributed by atoms with Gasteiger partial charge in [0.15, 0.2) is 0 Å². The van der Waals surface area contributed by atoms with Gasteiger partial charge in [-0.1, -0.05) is 29.5 Å². The molecule has 21 heavy (non-hydrogen) atoms. The average Bonchev–Trinajstić information content (AvgIpc) is 2.43. The fourth-order valence-corrected chi connectivity index (χ4v) is 2.37. The molecule has 2 rings (SSSR count). The largest absolute Gasteiger partial charge is 0.334 e. The van der Waals surface area contributed by atoms with Crippen molar-refractivity contribution in [2.75, 3.05) is 16.9 Å². The Bertz CT molecular complexity index is 729. The highest BCUT2D eigenvalue weighted by molar-refractivity contribution is 7.99. The quantitative estimate of drug-likeness (QED) is 0.636. The number of nitrogens with zero attached hydrogens (tertiary/aromatic N) is 3. The highest BCUT2D eigenvalue weighted by atomic mass is 32.2. The van der Waals surface area contributed by atoms with Crippen molar-refractivity contribution in [1.82, 2.24) is 14.9 Å². The van der Waals surface area contributed by atoms with Gasteiger partial charge in [-0.3, -0.25) is 9.59 Å². The van der Waals surface area contributed by atoms with Crippen LogP contribution in [0.25, 0.3) is 0 Å². The average molecular weight is 305 g/mol. The van der Waals surface area contributed by atoms with Crippen molar-refractivity contribution in [1.29, 1.82) is 0 Å². The van der Waals surface area contributed by atoms with Gasteiger partial charge in [0.25, 0.3) is 5.56 Å². The molecule has 0 aliphatic carbocycles. The predicted molar refractivity (Wildman–Crippen MR) is 81.7 cm³/mol. The minimum atomic E-state index is -0.470. The van der Waals surface area contributed by atoms with Crippen LogP contribution in [-0.4, -0.2) is 26.5 Å². The monoisotopic (exact) mass is 305 g/mol. The van der Waals surface area contributed by atoms with Crippen LogP contribution in [0, 0.1) is 13.8 Å². The van der Waals surface area contributed by atoms with E-state index in [0.717, 1.165) is 39.4 Å². The number of nitrogens with one attached hydrogen (secondary N) is 1. The summed E-state index contributed by atoms with van der Waals surface area (Å²) in [4.78, 5) is 23.2. The summed E-state index contributed by atoms with van der Waals surface area (Å²) in [6.45, 7) is 3.92. The maximum Gasteiger partial charge on any atom is 0.291 e. The van der Waals surface area contributed by atoms with E-state index in [2.05, 4.69) is 15.5 Å². The Hall–Kier alpha value is -2.35. The molecule has 0 atom stereocenters. The van der Waals surface area contributed by atoms with Gasteiger partial charge in [0.05, 0.1) is 5.75 Å². The number of hydrogen-bond acceptors (Lipinski definition) is 6. The first-order valence-electron chi connectivity index (χ1n) is 6.17. The van der Waals surface area contributed by atoms with Gasteiger partial charge in [0, 0.05) is 5.69 Å². The van der Waals surface area contributed by atoms with Crippen LogP contribution >= 0.6 is 11.8 Å². The van der Waals surface area contributed by atoms with Crippen LogP contribution in [0.3, 0.4) is 0 Å². The van der Waals surface area contributed by atoms with Crippen LogP contribution < -0.4 is 16.7 Å². The zero-order valence-corrected chi connectivity index (χ0v) is 12.5. The first kappa shape index (κ1) is 15.0. The SMILES string of the molecule is Cc1ccc(NC(=O)CSc2nncc(=O)n2N)c(C)c1. The third-order valence-corrected chi connectivity index (χ3v) is 3.69. The van der Waals surface area contributed by atoms with Crippen molar-refractivity contribution in [3.8, 4) is 0 Å². The van der Waals surface area contributed by atoms with E-state index < -0.39 is 5.56 Å². The maximum atomic E-state index is 11.9. The zero-order chi connectivity index (χ0) is 15.4. The Morgan fingerprint density at radius 1 is 1.43 bits per heavy atom. The van der Waals surface area contributed by atoms with Crippen molar-refractivity contribution in [3.05, 3.63) is 45.9 Å². The molecule has 0 unspecified atom stereocenters. The second-order valence-corrected chi connectivity index (χ2v) is 5.43. The summed E-state index contributed by atoms with van der Waals surface area (Å²) in [6.07, 6.45) is 1.01. The Kier molecular flexibility index (Phi) is 4.59. The molecule has 1 heterocycles. The molecule has 1 aromatic heterocycles. The van der Waals surface area contributed by atoms with E-state index in [1.54, 1.807) is 0 Å². The lowest BCUT2D eigenvalue weighted by molar-refractivity contribution is -0.113. The lowest BCUT2D eigenvalue weighted by Gasteiger charge is -2.09. The van der Waals surface area contributed by atoms with E-state index in [-0.39, 0.29) is 16.8 Å². The smallest absolute Gasteiger partial charge is 0.291 e. The number of nitrogens with two attached hydrogens (primary N) is 1. The van der Waals surface area contributed by atoms with Gasteiger partial charge in [0.1, 0.15) is 6.20 Å². The molecule has 0 fully saturated rings. The lowest BCUT2D eigenvalue weighted by atomic mass is 10.1. The number of carbonyl (C=O) groups is 1. The Morgan fingerprint density at radius 3 is 2.90 bits per heavy atom. The van der Waals surface area contributed by atoms with Crippen molar-refractivity contribution in [2.24, 2.45) is 0 Å². The molecule has 2 aromatic rings. The predicted octanol–water partition coefficient (Wildman–Crippen LogP) is 0.700. The number of amides is 1. The second kappa shape index (κ2) is 6.40. The number of thioether (sulfide) groups is 1. The van der Waals surface area contributed by atoms with Gasteiger partial charge in [-0.2, -0.15) is 9.77 Å². The van der Waals surface area contributed by atoms with E-state index in [1.165, 1.54) is 0 Å². The number of nitrogen functional groups attached to an aromatic ring is 1. The van der Waals surface area contributed by atoms with E-state index in [4.69, 9.17) is 5.84 Å². The van der Waals surface area contributed by atoms with E-state index in [9.17, 15) is 9.59 Å². The standard InChI is InChI=1S/C13H15N5O2S/c1-8-3-4-10(9(2)5-8)16-11(19)7-21-13-17-15-6-12(20)18(13)14/h3-6H,7,14H2,1-2H3,(H,16,19). The van der Waals surface area contributed by atoms with Crippen LogP contribution in [-0.2, 0) is 4.79 Å². The van der Waals surface area contributed by atoms with Gasteiger partial charge in [-0.05, 0) is 25.5 Å². The summed E-state index contributed by atoms with van der Waals surface area (Å²) in [5.74, 6) is 5.39. The Balaban J connectivity index is 1.99. The topological polar surface area (TPSA) is 103 Å². The van der Waals surface area contributed by atoms with Crippen molar-refractivity contribution in [3.63, 3.8) is 0 Å². The molecule has 0 spiro atoms. The Morgan fingerprint density at radius 2 is 2.19 bits per heavy atom. The number of hydrogen-bond donors (Lipinski definition) is 2. The van der Waals surface area contributed by atoms with E-state index in [1.807, 2.05) is 32.0 Å². The van der Waals surface area contributed by atoms with Gasteiger partial charge < -0.3 is 11.2 Å². The third-order valence-electron chi connectivity index (χ3n) is 2.74. The molecule has 7 nitrogen and oxygen atoms in total. The van der Waals surface area contributed by atoms with Gasteiger partial charge in [-0.15, -0.1) is 5.10 Å². The fraction of sp³-hybridized carbons (Fsp3) is 0.231. The van der Waals surface area contributed by atoms with Gasteiger partial charge >= 0.3 is 0 Å². The summed E-state index contributed by atoms with van der Waals surface area (Å²) < 4.78 is 0.863. The third kappa shape index (κ3) is 3.82. The van der Waals surface area contributed by atoms with Crippen LogP contribution in [0.5, 0.6) is 0 Å². The summed E-state index contributed by atoms with van der Waals surface area (Å²) in [6, 6.07) is 5.77. The molecule has 1 aromatic carbocycles. The van der Waals surface area contributed by atoms with Crippen molar-refractivity contribution >= 4 is 23.4 Å². The minimum absolute atomic E-state index is 0.0860. The van der Waals surface area contributed by atoms with E-state index in [0.29, 0.717) is 0 Å². The van der Waals surface area contributed by atoms with Crippen molar-refractivity contribution in [2.45, 2.75) is 19.0 Å². The fourth-order valence-electron chi connectivity index (χ4n) is 1.70. The molecule has 0 radical (unpaired) electrons. The molecule has 0 aliphatic rings. The first-order chi connectivity index (χ1) is 9.97. The van der Waals surface area contributed by atoms with Gasteiger partial charge in [-0.25, -0.2) is 0 Å². The molecule has 0 aliphatic heterocycles. The molecular weight excluding hydrogens is 290 g/mol. The van der Waals surface area contributed by atoms with Crippen LogP contribution in [0.4, 0.5) is 5.69 Å². The molecule has 0 saturated heterocycles. The summed E-state index contributed by atoms with van der Waals surface area (Å²) in [5, 5.41) is 10.2. The molecule has 8 heteroatoms. The number of benzene rings is 1. The highest BCUT2D eigenvalue weighted by Crippen LogP contribution is 2.17. The number of anilines is 1. The lowest BCUT2D eigenvalue weighted by Crippen LogP contribution is -2.30. The second-order valence-electron chi connectivity index (χ2n) is 4.49. The van der Waals surface area contributed by atoms with Crippen molar-refractivity contribution < 1.29 is 4.79 Å². The normalized spacial score (nSPS) is 10.4. The molecule has 0 saturated carbocycles. The minimum Gasteiger partial charge on any atom is -0.334 e.